The minimum Gasteiger partial charge on any atom is -0.494 e. The van der Waals surface area contributed by atoms with Crippen molar-refractivity contribution in [3.63, 3.8) is 0 Å². The highest BCUT2D eigenvalue weighted by Crippen LogP contribution is 2.37. The van der Waals surface area contributed by atoms with Crippen molar-refractivity contribution in [2.24, 2.45) is 5.16 Å². The van der Waals surface area contributed by atoms with E-state index in [1.54, 1.807) is 36.5 Å². The average molecular weight is 504 g/mol. The molecule has 1 saturated heterocycles. The Kier molecular flexibility index (Phi) is 6.93. The number of hydrogen-bond donors (Lipinski definition) is 1. The lowest BCUT2D eigenvalue weighted by Gasteiger charge is -2.37. The third kappa shape index (κ3) is 5.34. The van der Waals surface area contributed by atoms with E-state index >= 15 is 0 Å². The van der Waals surface area contributed by atoms with Crippen molar-refractivity contribution in [3.8, 4) is 16.9 Å². The molecule has 5 rings (SSSR count). The van der Waals surface area contributed by atoms with Gasteiger partial charge in [-0.2, -0.15) is 4.39 Å². The molecular weight excluding hydrogens is 473 g/mol. The number of carbonyl (C=O) groups is 1. The first kappa shape index (κ1) is 24.9. The van der Waals surface area contributed by atoms with E-state index in [-0.39, 0.29) is 11.2 Å². The van der Waals surface area contributed by atoms with Crippen molar-refractivity contribution in [2.45, 2.75) is 45.3 Å². The van der Waals surface area contributed by atoms with Gasteiger partial charge in [-0.05, 0) is 72.5 Å². The van der Waals surface area contributed by atoms with Crippen LogP contribution in [-0.4, -0.2) is 52.0 Å². The number of oxime groups is 1. The fourth-order valence-electron chi connectivity index (χ4n) is 5.10. The quantitative estimate of drug-likeness (QED) is 0.432. The zero-order chi connectivity index (χ0) is 26.0. The number of carboxylic acid groups (broad SMARTS) is 1. The molecule has 3 heterocycles. The molecule has 7 nitrogen and oxygen atoms in total. The fourth-order valence-corrected chi connectivity index (χ4v) is 5.10. The summed E-state index contributed by atoms with van der Waals surface area (Å²) < 4.78 is 19.3. The van der Waals surface area contributed by atoms with Gasteiger partial charge in [-0.3, -0.25) is 4.90 Å². The number of hydrogen-bond acceptors (Lipinski definition) is 6. The molecule has 3 aromatic rings. The molecule has 192 valence electrons. The Hall–Kier alpha value is -3.78. The van der Waals surface area contributed by atoms with Gasteiger partial charge in [0.1, 0.15) is 11.4 Å². The maximum absolute atomic E-state index is 13.4. The van der Waals surface area contributed by atoms with Crippen molar-refractivity contribution in [2.75, 3.05) is 19.7 Å². The third-order valence-corrected chi connectivity index (χ3v) is 7.24. The summed E-state index contributed by atoms with van der Waals surface area (Å²) in [5, 5.41) is 13.5. The van der Waals surface area contributed by atoms with Gasteiger partial charge in [0.25, 0.3) is 0 Å². The van der Waals surface area contributed by atoms with Crippen molar-refractivity contribution in [3.05, 3.63) is 82.9 Å². The molecule has 1 fully saturated rings. The van der Waals surface area contributed by atoms with Crippen LogP contribution >= 0.6 is 0 Å². The van der Waals surface area contributed by atoms with E-state index in [9.17, 15) is 9.18 Å². The van der Waals surface area contributed by atoms with E-state index in [2.05, 4.69) is 27.2 Å². The molecule has 2 aliphatic heterocycles. The van der Waals surface area contributed by atoms with Crippen LogP contribution in [0, 0.1) is 12.9 Å². The molecule has 0 radical (unpaired) electrons. The Labute approximate surface area is 215 Å². The number of halogens is 1. The molecule has 0 bridgehead atoms. The van der Waals surface area contributed by atoms with E-state index in [0.29, 0.717) is 13.0 Å². The topological polar surface area (TPSA) is 84.2 Å². The van der Waals surface area contributed by atoms with Gasteiger partial charge in [0, 0.05) is 50.7 Å². The van der Waals surface area contributed by atoms with Gasteiger partial charge >= 0.3 is 5.97 Å². The van der Waals surface area contributed by atoms with Crippen LogP contribution in [0.4, 0.5) is 4.39 Å². The number of likely N-dealkylation sites (tertiary alicyclic amines) is 1. The Balaban J connectivity index is 1.26. The highest BCUT2D eigenvalue weighted by molar-refractivity contribution is 6.02. The van der Waals surface area contributed by atoms with E-state index in [0.717, 1.165) is 71.8 Å². The summed E-state index contributed by atoms with van der Waals surface area (Å²) in [5.74, 6) is -0.606. The second kappa shape index (κ2) is 10.3. The first-order valence-corrected chi connectivity index (χ1v) is 12.6. The number of aromatic carboxylic acids is 1. The SMILES string of the molecule is CCOc1cc(CN2CCC3(CC2)CC(c2ccc(C(=O)O)cc2)=NO3)cc(-c2ccc(F)nc2)c1C. The number of aromatic nitrogens is 1. The number of piperidine rings is 1. The van der Waals surface area contributed by atoms with Gasteiger partial charge in [0.2, 0.25) is 5.95 Å². The van der Waals surface area contributed by atoms with E-state index in [4.69, 9.17) is 14.7 Å². The van der Waals surface area contributed by atoms with Gasteiger partial charge in [-0.1, -0.05) is 17.3 Å². The lowest BCUT2D eigenvalue weighted by Crippen LogP contribution is -2.44. The van der Waals surface area contributed by atoms with Crippen LogP contribution in [0.25, 0.3) is 11.1 Å². The lowest BCUT2D eigenvalue weighted by atomic mass is 9.85. The van der Waals surface area contributed by atoms with Crippen LogP contribution in [0.2, 0.25) is 0 Å². The molecule has 8 heteroatoms. The smallest absolute Gasteiger partial charge is 0.335 e. The molecule has 0 saturated carbocycles. The van der Waals surface area contributed by atoms with Gasteiger partial charge in [-0.25, -0.2) is 9.78 Å². The summed E-state index contributed by atoms with van der Waals surface area (Å²) in [6, 6.07) is 14.2. The van der Waals surface area contributed by atoms with Crippen LogP contribution in [0.1, 0.15) is 53.2 Å². The number of benzene rings is 2. The normalized spacial score (nSPS) is 16.9. The molecular formula is C29H30FN3O4. The Bertz CT molecular complexity index is 1310. The van der Waals surface area contributed by atoms with Crippen LogP contribution in [0.15, 0.2) is 59.9 Å². The molecule has 0 atom stereocenters. The molecule has 0 aliphatic carbocycles. The van der Waals surface area contributed by atoms with Gasteiger partial charge in [-0.15, -0.1) is 0 Å². The summed E-state index contributed by atoms with van der Waals surface area (Å²) in [6.45, 7) is 7.05. The number of pyridine rings is 1. The van der Waals surface area contributed by atoms with Gasteiger partial charge < -0.3 is 14.7 Å². The van der Waals surface area contributed by atoms with Crippen molar-refractivity contribution in [1.29, 1.82) is 0 Å². The molecule has 37 heavy (non-hydrogen) atoms. The van der Waals surface area contributed by atoms with Crippen LogP contribution in [0.5, 0.6) is 5.75 Å². The molecule has 0 unspecified atom stereocenters. The molecule has 0 amide bonds. The number of ether oxygens (including phenoxy) is 1. The van der Waals surface area contributed by atoms with Crippen molar-refractivity contribution < 1.29 is 23.9 Å². The number of rotatable bonds is 7. The Morgan fingerprint density at radius 1 is 1.14 bits per heavy atom. The van der Waals surface area contributed by atoms with E-state index in [1.165, 1.54) is 6.07 Å². The number of nitrogens with zero attached hydrogens (tertiary/aromatic N) is 3. The predicted octanol–water partition coefficient (Wildman–Crippen LogP) is 5.45. The van der Waals surface area contributed by atoms with E-state index < -0.39 is 11.9 Å². The second-order valence-corrected chi connectivity index (χ2v) is 9.72. The van der Waals surface area contributed by atoms with Gasteiger partial charge in [0.05, 0.1) is 17.9 Å². The zero-order valence-corrected chi connectivity index (χ0v) is 21.0. The van der Waals surface area contributed by atoms with Crippen LogP contribution in [-0.2, 0) is 11.4 Å². The molecule has 2 aliphatic rings. The standard InChI is InChI=1S/C29H30FN3O4/c1-3-36-26-15-20(14-24(19(26)2)23-8-9-27(30)31-17-23)18-33-12-10-29(11-13-33)16-25(32-37-29)21-4-6-22(7-5-21)28(34)35/h4-9,14-15,17H,3,10-13,16,18H2,1-2H3,(H,34,35). The predicted molar refractivity (Wildman–Crippen MR) is 138 cm³/mol. The monoisotopic (exact) mass is 503 g/mol. The Morgan fingerprint density at radius 2 is 1.86 bits per heavy atom. The highest BCUT2D eigenvalue weighted by atomic mass is 19.1. The van der Waals surface area contributed by atoms with Crippen LogP contribution in [0.3, 0.4) is 0 Å². The minimum absolute atomic E-state index is 0.258. The van der Waals surface area contributed by atoms with Gasteiger partial charge in [0.15, 0.2) is 0 Å². The lowest BCUT2D eigenvalue weighted by molar-refractivity contribution is -0.0627. The first-order valence-electron chi connectivity index (χ1n) is 12.6. The molecule has 1 N–H and O–H groups in total. The maximum Gasteiger partial charge on any atom is 0.335 e. The third-order valence-electron chi connectivity index (χ3n) is 7.24. The van der Waals surface area contributed by atoms with Crippen molar-refractivity contribution in [1.82, 2.24) is 9.88 Å². The number of carboxylic acids is 1. The zero-order valence-electron chi connectivity index (χ0n) is 21.0. The second-order valence-electron chi connectivity index (χ2n) is 9.72. The highest BCUT2D eigenvalue weighted by Gasteiger charge is 2.42. The summed E-state index contributed by atoms with van der Waals surface area (Å²) in [6.07, 6.45) is 3.98. The summed E-state index contributed by atoms with van der Waals surface area (Å²) in [5.41, 5.74) is 5.70. The maximum atomic E-state index is 13.4. The summed E-state index contributed by atoms with van der Waals surface area (Å²) >= 11 is 0. The molecule has 2 aromatic carbocycles. The molecule has 1 spiro atoms. The van der Waals surface area contributed by atoms with E-state index in [1.807, 2.05) is 13.8 Å². The largest absolute Gasteiger partial charge is 0.494 e. The summed E-state index contributed by atoms with van der Waals surface area (Å²) in [4.78, 5) is 23.3. The average Bonchev–Trinajstić information content (AvgIpc) is 3.32. The minimum atomic E-state index is -0.941. The Morgan fingerprint density at radius 3 is 2.51 bits per heavy atom. The van der Waals surface area contributed by atoms with Crippen molar-refractivity contribution >= 4 is 11.7 Å². The van der Waals surface area contributed by atoms with Crippen LogP contribution < -0.4 is 4.74 Å². The molecule has 1 aromatic heterocycles. The fraction of sp³-hybridized carbons (Fsp3) is 0.345. The summed E-state index contributed by atoms with van der Waals surface area (Å²) in [7, 11) is 0. The first-order chi connectivity index (χ1) is 17.9.